The third-order valence-electron chi connectivity index (χ3n) is 3.32. The smallest absolute Gasteiger partial charge is 0.230 e. The Bertz CT molecular complexity index is 379. The van der Waals surface area contributed by atoms with Crippen molar-refractivity contribution in [2.75, 3.05) is 12.4 Å². The Hall–Kier alpha value is -1.02. The molecule has 3 heteroatoms. The first kappa shape index (κ1) is 11.5. The van der Waals surface area contributed by atoms with Crippen LogP contribution in [-0.4, -0.2) is 18.3 Å². The van der Waals surface area contributed by atoms with Gasteiger partial charge in [0.15, 0.2) is 0 Å². The van der Waals surface area contributed by atoms with E-state index in [4.69, 9.17) is 11.6 Å². The third kappa shape index (κ3) is 1.71. The fourth-order valence-corrected chi connectivity index (χ4v) is 2.71. The maximum absolute atomic E-state index is 12.1. The van der Waals surface area contributed by atoms with Crippen LogP contribution in [0.5, 0.6) is 0 Å². The van der Waals surface area contributed by atoms with Crippen molar-refractivity contribution in [3.05, 3.63) is 35.9 Å². The molecule has 0 heterocycles. The van der Waals surface area contributed by atoms with Crippen molar-refractivity contribution < 1.29 is 4.79 Å². The number of carbonyl (C=O) groups is 1. The van der Waals surface area contributed by atoms with Crippen LogP contribution in [-0.2, 0) is 10.2 Å². The quantitative estimate of drug-likeness (QED) is 0.801. The summed E-state index contributed by atoms with van der Waals surface area (Å²) in [6.07, 6.45) is 0.867. The highest BCUT2D eigenvalue weighted by atomic mass is 35.5. The summed E-state index contributed by atoms with van der Waals surface area (Å²) in [5, 5.41) is 2.91. The summed E-state index contributed by atoms with van der Waals surface area (Å²) in [5.74, 6) is 0.946. The van der Waals surface area contributed by atoms with E-state index in [1.807, 2.05) is 37.3 Å². The average Bonchev–Trinajstić information content (AvgIpc) is 3.06. The van der Waals surface area contributed by atoms with Gasteiger partial charge in [-0.25, -0.2) is 0 Å². The third-order valence-corrected chi connectivity index (χ3v) is 3.70. The van der Waals surface area contributed by atoms with Crippen molar-refractivity contribution in [1.82, 2.24) is 5.32 Å². The molecule has 2 rings (SSSR count). The molecule has 1 saturated carbocycles. The molecular weight excluding hydrogens is 222 g/mol. The number of hydrogen-bond donors (Lipinski definition) is 1. The Morgan fingerprint density at radius 3 is 2.69 bits per heavy atom. The Kier molecular flexibility index (Phi) is 3.20. The number of nitrogens with one attached hydrogen (secondary N) is 1. The van der Waals surface area contributed by atoms with Gasteiger partial charge >= 0.3 is 0 Å². The maximum Gasteiger partial charge on any atom is 0.230 e. The van der Waals surface area contributed by atoms with E-state index in [2.05, 4.69) is 5.32 Å². The molecule has 1 fully saturated rings. The molecule has 1 aromatic carbocycles. The van der Waals surface area contributed by atoms with Crippen molar-refractivity contribution >= 4 is 17.5 Å². The fourth-order valence-electron chi connectivity index (χ4n) is 2.33. The lowest BCUT2D eigenvalue weighted by molar-refractivity contribution is -0.123. The van der Waals surface area contributed by atoms with Crippen LogP contribution in [0, 0.1) is 5.92 Å². The van der Waals surface area contributed by atoms with E-state index < -0.39 is 0 Å². The molecular formula is C13H16ClNO. The monoisotopic (exact) mass is 237 g/mol. The zero-order valence-electron chi connectivity index (χ0n) is 9.37. The van der Waals surface area contributed by atoms with Gasteiger partial charge in [-0.05, 0) is 24.8 Å². The SMILES string of the molecule is CCNC(=O)[C@@]1(c2ccccc2)C[C@H]1CCl. The van der Waals surface area contributed by atoms with Crippen LogP contribution in [0.4, 0.5) is 0 Å². The van der Waals surface area contributed by atoms with Gasteiger partial charge in [0.25, 0.3) is 0 Å². The van der Waals surface area contributed by atoms with Crippen LogP contribution < -0.4 is 5.32 Å². The topological polar surface area (TPSA) is 29.1 Å². The number of likely N-dealkylation sites (N-methyl/N-ethyl adjacent to an activating group) is 1. The lowest BCUT2D eigenvalue weighted by Gasteiger charge is -2.16. The molecule has 0 radical (unpaired) electrons. The molecule has 0 unspecified atom stereocenters. The van der Waals surface area contributed by atoms with Gasteiger partial charge in [0.2, 0.25) is 5.91 Å². The lowest BCUT2D eigenvalue weighted by Crippen LogP contribution is -2.36. The van der Waals surface area contributed by atoms with Crippen molar-refractivity contribution in [2.45, 2.75) is 18.8 Å². The minimum Gasteiger partial charge on any atom is -0.356 e. The first-order valence-corrected chi connectivity index (χ1v) is 6.19. The number of hydrogen-bond acceptors (Lipinski definition) is 1. The standard InChI is InChI=1S/C13H16ClNO/c1-2-15-12(16)13(8-11(13)9-14)10-6-4-3-5-7-10/h3-7,11H,2,8-9H2,1H3,(H,15,16)/t11-,13+/m0/s1. The first-order valence-electron chi connectivity index (χ1n) is 5.65. The van der Waals surface area contributed by atoms with E-state index in [9.17, 15) is 4.79 Å². The van der Waals surface area contributed by atoms with Crippen molar-refractivity contribution in [3.8, 4) is 0 Å². The van der Waals surface area contributed by atoms with E-state index in [0.29, 0.717) is 12.4 Å². The van der Waals surface area contributed by atoms with Crippen LogP contribution in [0.3, 0.4) is 0 Å². The second-order valence-electron chi connectivity index (χ2n) is 4.25. The summed E-state index contributed by atoms with van der Waals surface area (Å²) >= 11 is 5.90. The summed E-state index contributed by atoms with van der Waals surface area (Å²) in [6, 6.07) is 9.94. The van der Waals surface area contributed by atoms with Gasteiger partial charge in [0, 0.05) is 12.4 Å². The number of carbonyl (C=O) groups excluding carboxylic acids is 1. The molecule has 2 atom stereocenters. The van der Waals surface area contributed by atoms with Crippen molar-refractivity contribution in [3.63, 3.8) is 0 Å². The van der Waals surface area contributed by atoms with Gasteiger partial charge in [-0.1, -0.05) is 30.3 Å². The Morgan fingerprint density at radius 1 is 1.50 bits per heavy atom. The Morgan fingerprint density at radius 2 is 2.19 bits per heavy atom. The molecule has 1 N–H and O–H groups in total. The van der Waals surface area contributed by atoms with Gasteiger partial charge in [-0.15, -0.1) is 11.6 Å². The normalized spacial score (nSPS) is 27.5. The molecule has 1 aliphatic carbocycles. The highest BCUT2D eigenvalue weighted by molar-refractivity contribution is 6.18. The minimum absolute atomic E-state index is 0.117. The van der Waals surface area contributed by atoms with E-state index in [-0.39, 0.29) is 17.2 Å². The van der Waals surface area contributed by atoms with Crippen molar-refractivity contribution in [1.29, 1.82) is 0 Å². The molecule has 0 aliphatic heterocycles. The molecule has 86 valence electrons. The van der Waals surface area contributed by atoms with E-state index in [1.54, 1.807) is 0 Å². The van der Waals surface area contributed by atoms with Crippen LogP contribution in [0.1, 0.15) is 18.9 Å². The molecule has 0 saturated heterocycles. The predicted octanol–water partition coefficient (Wildman–Crippen LogP) is 2.32. The Labute approximate surface area is 101 Å². The zero-order valence-corrected chi connectivity index (χ0v) is 10.1. The van der Waals surface area contributed by atoms with Gasteiger partial charge in [-0.3, -0.25) is 4.79 Å². The molecule has 1 aliphatic rings. The number of alkyl halides is 1. The second kappa shape index (κ2) is 4.46. The number of halogens is 1. The summed E-state index contributed by atoms with van der Waals surface area (Å²) in [6.45, 7) is 2.61. The van der Waals surface area contributed by atoms with Crippen LogP contribution in [0.15, 0.2) is 30.3 Å². The fraction of sp³-hybridized carbons (Fsp3) is 0.462. The van der Waals surface area contributed by atoms with Crippen molar-refractivity contribution in [2.24, 2.45) is 5.92 Å². The summed E-state index contributed by atoms with van der Waals surface area (Å²) in [4.78, 5) is 12.1. The van der Waals surface area contributed by atoms with Crippen LogP contribution in [0.25, 0.3) is 0 Å². The maximum atomic E-state index is 12.1. The first-order chi connectivity index (χ1) is 7.75. The second-order valence-corrected chi connectivity index (χ2v) is 4.56. The summed E-state index contributed by atoms with van der Waals surface area (Å²) in [5.41, 5.74) is 0.727. The largest absolute Gasteiger partial charge is 0.356 e. The lowest BCUT2D eigenvalue weighted by atomic mass is 9.92. The molecule has 0 aromatic heterocycles. The zero-order chi connectivity index (χ0) is 11.6. The van der Waals surface area contributed by atoms with E-state index in [0.717, 1.165) is 12.0 Å². The van der Waals surface area contributed by atoms with E-state index >= 15 is 0 Å². The predicted molar refractivity (Wildman–Crippen MR) is 65.6 cm³/mol. The van der Waals surface area contributed by atoms with Crippen LogP contribution in [0.2, 0.25) is 0 Å². The summed E-state index contributed by atoms with van der Waals surface area (Å²) in [7, 11) is 0. The minimum atomic E-state index is -0.362. The van der Waals surface area contributed by atoms with Crippen LogP contribution >= 0.6 is 11.6 Å². The molecule has 0 spiro atoms. The number of rotatable bonds is 4. The molecule has 1 aromatic rings. The highest BCUT2D eigenvalue weighted by Gasteiger charge is 2.60. The molecule has 16 heavy (non-hydrogen) atoms. The average molecular weight is 238 g/mol. The van der Waals surface area contributed by atoms with Gasteiger partial charge < -0.3 is 5.32 Å². The van der Waals surface area contributed by atoms with Gasteiger partial charge in [0.05, 0.1) is 5.41 Å². The Balaban J connectivity index is 2.28. The molecule has 2 nitrogen and oxygen atoms in total. The highest BCUT2D eigenvalue weighted by Crippen LogP contribution is 2.54. The summed E-state index contributed by atoms with van der Waals surface area (Å²) < 4.78 is 0. The number of benzene rings is 1. The van der Waals surface area contributed by atoms with E-state index in [1.165, 1.54) is 0 Å². The van der Waals surface area contributed by atoms with Gasteiger partial charge in [-0.2, -0.15) is 0 Å². The molecule has 1 amide bonds. The number of amides is 1. The van der Waals surface area contributed by atoms with Gasteiger partial charge in [0.1, 0.15) is 0 Å². The molecule has 0 bridgehead atoms.